The second-order valence-corrected chi connectivity index (χ2v) is 9.01. The Labute approximate surface area is 206 Å². The number of benzene rings is 2. The first kappa shape index (κ1) is 22.7. The average Bonchev–Trinajstić information content (AvgIpc) is 3.53. The topological polar surface area (TPSA) is 110 Å². The normalized spacial score (nSPS) is 13.9. The Kier molecular flexibility index (Phi) is 6.29. The third-order valence-corrected chi connectivity index (χ3v) is 6.30. The van der Waals surface area contributed by atoms with Gasteiger partial charge in [-0.15, -0.1) is 0 Å². The lowest BCUT2D eigenvalue weighted by Crippen LogP contribution is -2.22. The fourth-order valence-electron chi connectivity index (χ4n) is 4.02. The summed E-state index contributed by atoms with van der Waals surface area (Å²) in [5, 5.41) is 16.8. The number of pyridine rings is 1. The van der Waals surface area contributed by atoms with Crippen LogP contribution in [0.5, 0.6) is 0 Å². The Morgan fingerprint density at radius 1 is 1.11 bits per heavy atom. The molecule has 2 N–H and O–H groups in total. The molecular weight excluding hydrogens is 466 g/mol. The van der Waals surface area contributed by atoms with Gasteiger partial charge in [0.2, 0.25) is 5.91 Å². The van der Waals surface area contributed by atoms with E-state index in [2.05, 4.69) is 20.4 Å². The molecule has 0 bridgehead atoms. The summed E-state index contributed by atoms with van der Waals surface area (Å²) in [5.41, 5.74) is 3.92. The van der Waals surface area contributed by atoms with Crippen molar-refractivity contribution in [1.29, 1.82) is 0 Å². The smallest absolute Gasteiger partial charge is 0.335 e. The molecule has 176 valence electrons. The number of halogens is 1. The molecule has 2 heterocycles. The first-order chi connectivity index (χ1) is 17.0. The Bertz CT molecular complexity index is 1350. The van der Waals surface area contributed by atoms with Gasteiger partial charge in [-0.25, -0.2) is 14.5 Å². The molecule has 5 rings (SSSR count). The van der Waals surface area contributed by atoms with Crippen LogP contribution in [0.3, 0.4) is 0 Å². The number of carboxylic acids is 1. The fraction of sp³-hybridized carbons (Fsp3) is 0.192. The molecule has 1 aliphatic carbocycles. The van der Waals surface area contributed by atoms with Gasteiger partial charge >= 0.3 is 5.97 Å². The van der Waals surface area contributed by atoms with E-state index in [1.165, 1.54) is 18.5 Å². The van der Waals surface area contributed by atoms with Crippen LogP contribution in [-0.4, -0.2) is 36.7 Å². The average molecular weight is 488 g/mol. The maximum absolute atomic E-state index is 13.2. The predicted molar refractivity (Wildman–Crippen MR) is 132 cm³/mol. The van der Waals surface area contributed by atoms with E-state index in [4.69, 9.17) is 16.7 Å². The third-order valence-electron chi connectivity index (χ3n) is 6.06. The number of amides is 1. The number of anilines is 1. The number of carbonyl (C=O) groups is 2. The number of aromatic nitrogens is 4. The van der Waals surface area contributed by atoms with Gasteiger partial charge in [0.05, 0.1) is 22.9 Å². The standard InChI is InChI=1S/C26H22ClN5O3/c27-19-6-10-24(32-15-28-14-30-32)21(12-19)18-5-9-23(29-13-18)22(11-16-1-2-16)25(33)31-20-7-3-17(4-8-20)26(34)35/h3-10,12-16,22H,1-2,11H2,(H,31,33)(H,34,35). The van der Waals surface area contributed by atoms with Crippen molar-refractivity contribution >= 4 is 29.2 Å². The zero-order valence-corrected chi connectivity index (χ0v) is 19.4. The van der Waals surface area contributed by atoms with Gasteiger partial charge in [0.15, 0.2) is 0 Å². The molecule has 8 nitrogen and oxygen atoms in total. The molecule has 0 radical (unpaired) electrons. The van der Waals surface area contributed by atoms with Gasteiger partial charge in [0, 0.05) is 28.0 Å². The summed E-state index contributed by atoms with van der Waals surface area (Å²) in [6, 6.07) is 15.5. The van der Waals surface area contributed by atoms with E-state index in [-0.39, 0.29) is 11.5 Å². The molecule has 1 unspecified atom stereocenters. The molecule has 0 saturated heterocycles. The number of nitrogens with zero attached hydrogens (tertiary/aromatic N) is 4. The first-order valence-corrected chi connectivity index (χ1v) is 11.6. The minimum absolute atomic E-state index is 0.161. The summed E-state index contributed by atoms with van der Waals surface area (Å²) in [4.78, 5) is 33.0. The lowest BCUT2D eigenvalue weighted by atomic mass is 9.95. The van der Waals surface area contributed by atoms with Crippen LogP contribution < -0.4 is 5.32 Å². The highest BCUT2D eigenvalue weighted by molar-refractivity contribution is 6.31. The van der Waals surface area contributed by atoms with Gasteiger partial charge in [-0.2, -0.15) is 5.10 Å². The Hall–Kier alpha value is -4.04. The summed E-state index contributed by atoms with van der Waals surface area (Å²) in [6.07, 6.45) is 7.77. The van der Waals surface area contributed by atoms with Crippen LogP contribution in [0.25, 0.3) is 16.8 Å². The van der Waals surface area contributed by atoms with Crippen LogP contribution in [0.4, 0.5) is 5.69 Å². The van der Waals surface area contributed by atoms with E-state index in [9.17, 15) is 9.59 Å². The minimum atomic E-state index is -1.01. The zero-order chi connectivity index (χ0) is 24.4. The van der Waals surface area contributed by atoms with Crippen molar-refractivity contribution in [3.05, 3.63) is 89.7 Å². The SMILES string of the molecule is O=C(O)c1ccc(NC(=O)C(CC2CC2)c2ccc(-c3cc(Cl)ccc3-n3cncn3)cn2)cc1. The lowest BCUT2D eigenvalue weighted by molar-refractivity contribution is -0.117. The summed E-state index contributed by atoms with van der Waals surface area (Å²) < 4.78 is 1.67. The van der Waals surface area contributed by atoms with Crippen LogP contribution in [0, 0.1) is 5.92 Å². The summed E-state index contributed by atoms with van der Waals surface area (Å²) in [6.45, 7) is 0. The molecule has 0 aliphatic heterocycles. The van der Waals surface area contributed by atoms with E-state index < -0.39 is 11.9 Å². The second kappa shape index (κ2) is 9.68. The van der Waals surface area contributed by atoms with E-state index >= 15 is 0 Å². The van der Waals surface area contributed by atoms with Crippen LogP contribution in [0.1, 0.15) is 41.2 Å². The molecular formula is C26H22ClN5O3. The van der Waals surface area contributed by atoms with Gasteiger partial charge in [0.25, 0.3) is 0 Å². The number of hydrogen-bond donors (Lipinski definition) is 2. The number of nitrogens with one attached hydrogen (secondary N) is 1. The molecule has 2 aromatic carbocycles. The minimum Gasteiger partial charge on any atom is -0.478 e. The predicted octanol–water partition coefficient (Wildman–Crippen LogP) is 5.20. The monoisotopic (exact) mass is 487 g/mol. The number of rotatable bonds is 8. The van der Waals surface area contributed by atoms with Crippen LogP contribution >= 0.6 is 11.6 Å². The zero-order valence-electron chi connectivity index (χ0n) is 18.6. The van der Waals surface area contributed by atoms with Crippen LogP contribution in [-0.2, 0) is 4.79 Å². The van der Waals surface area contributed by atoms with Crippen molar-refractivity contribution in [2.24, 2.45) is 5.92 Å². The van der Waals surface area contributed by atoms with Crippen molar-refractivity contribution in [1.82, 2.24) is 19.7 Å². The fourth-order valence-corrected chi connectivity index (χ4v) is 4.19. The Morgan fingerprint density at radius 3 is 2.54 bits per heavy atom. The largest absolute Gasteiger partial charge is 0.478 e. The Balaban J connectivity index is 1.40. The molecule has 1 saturated carbocycles. The van der Waals surface area contributed by atoms with Gasteiger partial charge in [-0.1, -0.05) is 30.5 Å². The maximum Gasteiger partial charge on any atom is 0.335 e. The molecule has 1 fully saturated rings. The van der Waals surface area contributed by atoms with Crippen LogP contribution in [0.2, 0.25) is 5.02 Å². The van der Waals surface area contributed by atoms with Crippen molar-refractivity contribution in [3.8, 4) is 16.8 Å². The van der Waals surface area contributed by atoms with Gasteiger partial charge in [-0.3, -0.25) is 9.78 Å². The molecule has 1 aliphatic rings. The number of carbonyl (C=O) groups excluding carboxylic acids is 1. The molecule has 1 atom stereocenters. The van der Waals surface area contributed by atoms with Crippen molar-refractivity contribution < 1.29 is 14.7 Å². The number of hydrogen-bond acceptors (Lipinski definition) is 5. The molecule has 4 aromatic rings. The highest BCUT2D eigenvalue weighted by atomic mass is 35.5. The number of aromatic carboxylic acids is 1. The molecule has 2 aromatic heterocycles. The van der Waals surface area contributed by atoms with Crippen molar-refractivity contribution in [2.45, 2.75) is 25.2 Å². The maximum atomic E-state index is 13.2. The van der Waals surface area contributed by atoms with Gasteiger partial charge < -0.3 is 10.4 Å². The number of carboxylic acid groups (broad SMARTS) is 1. The lowest BCUT2D eigenvalue weighted by Gasteiger charge is -2.17. The quantitative estimate of drug-likeness (QED) is 0.353. The highest BCUT2D eigenvalue weighted by Gasteiger charge is 2.31. The molecule has 35 heavy (non-hydrogen) atoms. The molecule has 9 heteroatoms. The van der Waals surface area contributed by atoms with E-state index in [1.54, 1.807) is 35.4 Å². The van der Waals surface area contributed by atoms with Crippen molar-refractivity contribution in [2.75, 3.05) is 5.32 Å². The van der Waals surface area contributed by atoms with Gasteiger partial charge in [0.1, 0.15) is 12.7 Å². The Morgan fingerprint density at radius 2 is 1.91 bits per heavy atom. The van der Waals surface area contributed by atoms with E-state index in [0.29, 0.717) is 28.7 Å². The third kappa shape index (κ3) is 5.22. The summed E-state index contributed by atoms with van der Waals surface area (Å²) in [7, 11) is 0. The summed E-state index contributed by atoms with van der Waals surface area (Å²) >= 11 is 6.27. The highest BCUT2D eigenvalue weighted by Crippen LogP contribution is 2.39. The van der Waals surface area contributed by atoms with E-state index in [0.717, 1.165) is 29.7 Å². The molecule has 0 spiro atoms. The van der Waals surface area contributed by atoms with Crippen molar-refractivity contribution in [3.63, 3.8) is 0 Å². The first-order valence-electron chi connectivity index (χ1n) is 11.2. The van der Waals surface area contributed by atoms with E-state index in [1.807, 2.05) is 24.3 Å². The summed E-state index contributed by atoms with van der Waals surface area (Å²) in [5.74, 6) is -1.07. The second-order valence-electron chi connectivity index (χ2n) is 8.58. The van der Waals surface area contributed by atoms with Crippen LogP contribution in [0.15, 0.2) is 73.4 Å². The molecule has 1 amide bonds. The van der Waals surface area contributed by atoms with Gasteiger partial charge in [-0.05, 0) is 60.9 Å².